The van der Waals surface area contributed by atoms with Gasteiger partial charge in [0.25, 0.3) is 0 Å². The molecule has 0 saturated heterocycles. The average molecular weight is 551 g/mol. The van der Waals surface area contributed by atoms with Gasteiger partial charge in [-0.05, 0) is 65.4 Å². The van der Waals surface area contributed by atoms with Gasteiger partial charge in [-0.2, -0.15) is 0 Å². The van der Waals surface area contributed by atoms with E-state index in [-0.39, 0.29) is 0 Å². The molecule has 2 aliphatic rings. The topological polar surface area (TPSA) is 43.2 Å². The lowest BCUT2D eigenvalue weighted by atomic mass is 9.97. The van der Waals surface area contributed by atoms with Crippen molar-refractivity contribution < 1.29 is 4.74 Å². The predicted molar refractivity (Wildman–Crippen MR) is 173 cm³/mol. The summed E-state index contributed by atoms with van der Waals surface area (Å²) in [6.07, 6.45) is 0. The van der Waals surface area contributed by atoms with Crippen molar-refractivity contribution in [3.05, 3.63) is 133 Å². The van der Waals surface area contributed by atoms with Crippen LogP contribution in [0.15, 0.2) is 133 Å². The van der Waals surface area contributed by atoms with Crippen LogP contribution in [0.4, 0.5) is 17.5 Å². The summed E-state index contributed by atoms with van der Waals surface area (Å²) in [5.74, 6) is 3.19. The minimum Gasteiger partial charge on any atom is -0.456 e. The third-order valence-electron chi connectivity index (χ3n) is 8.70. The van der Waals surface area contributed by atoms with Gasteiger partial charge in [-0.15, -0.1) is 0 Å². The molecule has 0 spiro atoms. The fraction of sp³-hybridized carbons (Fsp3) is 0. The fourth-order valence-corrected chi connectivity index (χ4v) is 6.81. The van der Waals surface area contributed by atoms with Crippen LogP contribution in [0.5, 0.6) is 11.5 Å². The molecule has 0 N–H and O–H groups in total. The summed E-state index contributed by atoms with van der Waals surface area (Å²) >= 11 is 0. The van der Waals surface area contributed by atoms with E-state index >= 15 is 0 Å². The second-order valence-corrected chi connectivity index (χ2v) is 11.1. The summed E-state index contributed by atoms with van der Waals surface area (Å²) < 4.78 is 8.65. The largest absolute Gasteiger partial charge is 0.456 e. The normalized spacial score (nSPS) is 12.8. The van der Waals surface area contributed by atoms with Crippen LogP contribution in [0.2, 0.25) is 0 Å². The second-order valence-electron chi connectivity index (χ2n) is 11.1. The highest BCUT2D eigenvalue weighted by molar-refractivity contribution is 6.05. The lowest BCUT2D eigenvalue weighted by Crippen LogP contribution is -2.17. The number of aromatic nitrogens is 3. The van der Waals surface area contributed by atoms with E-state index in [4.69, 9.17) is 14.7 Å². The van der Waals surface area contributed by atoms with Crippen LogP contribution in [0.3, 0.4) is 0 Å². The minimum absolute atomic E-state index is 0.616. The van der Waals surface area contributed by atoms with Gasteiger partial charge in [0.05, 0.1) is 33.5 Å². The number of para-hydroxylation sites is 3. The maximum atomic E-state index is 6.30. The van der Waals surface area contributed by atoms with Gasteiger partial charge in [-0.1, -0.05) is 78.9 Å². The van der Waals surface area contributed by atoms with Crippen molar-refractivity contribution in [3.8, 4) is 39.6 Å². The molecule has 4 heterocycles. The fourth-order valence-electron chi connectivity index (χ4n) is 6.81. The molecule has 200 valence electrons. The third-order valence-corrected chi connectivity index (χ3v) is 8.70. The lowest BCUT2D eigenvalue weighted by molar-refractivity contribution is 0.486. The Morgan fingerprint density at radius 2 is 1.23 bits per heavy atom. The smallest absolute Gasteiger partial charge is 0.236 e. The molecule has 0 saturated carbocycles. The quantitative estimate of drug-likeness (QED) is 0.204. The van der Waals surface area contributed by atoms with E-state index < -0.39 is 0 Å². The number of anilines is 3. The van der Waals surface area contributed by atoms with Crippen LogP contribution >= 0.6 is 0 Å². The van der Waals surface area contributed by atoms with Crippen molar-refractivity contribution in [2.45, 2.75) is 0 Å². The van der Waals surface area contributed by atoms with Gasteiger partial charge in [-0.25, -0.2) is 9.97 Å². The third kappa shape index (κ3) is 3.11. The molecule has 5 heteroatoms. The first-order valence-corrected chi connectivity index (χ1v) is 14.4. The molecule has 0 bridgehead atoms. The van der Waals surface area contributed by atoms with E-state index in [1.165, 1.54) is 5.39 Å². The molecule has 8 aromatic rings. The Bertz CT molecular complexity index is 2460. The summed E-state index contributed by atoms with van der Waals surface area (Å²) in [5, 5.41) is 4.45. The molecule has 0 aliphatic carbocycles. The molecule has 0 fully saturated rings. The van der Waals surface area contributed by atoms with Crippen molar-refractivity contribution >= 4 is 50.0 Å². The van der Waals surface area contributed by atoms with Crippen LogP contribution < -0.4 is 9.64 Å². The first-order valence-electron chi connectivity index (χ1n) is 14.4. The first kappa shape index (κ1) is 22.7. The van der Waals surface area contributed by atoms with Crippen LogP contribution in [0.1, 0.15) is 0 Å². The number of ether oxygens (including phenoxy) is 1. The number of rotatable bonds is 1. The molecule has 2 aliphatic heterocycles. The van der Waals surface area contributed by atoms with E-state index in [2.05, 4.69) is 107 Å². The minimum atomic E-state index is 0.616. The van der Waals surface area contributed by atoms with Gasteiger partial charge in [0.2, 0.25) is 5.95 Å². The van der Waals surface area contributed by atoms with Crippen LogP contribution in [-0.2, 0) is 0 Å². The van der Waals surface area contributed by atoms with Crippen molar-refractivity contribution in [3.63, 3.8) is 0 Å². The predicted octanol–water partition coefficient (Wildman–Crippen LogP) is 9.95. The molecule has 0 atom stereocenters. The Hall–Kier alpha value is -5.94. The molecule has 0 unspecified atom stereocenters. The maximum Gasteiger partial charge on any atom is 0.236 e. The Labute approximate surface area is 246 Å². The molecular weight excluding hydrogens is 528 g/mol. The maximum absolute atomic E-state index is 6.30. The Balaban J connectivity index is 1.37. The Morgan fingerprint density at radius 3 is 2.14 bits per heavy atom. The number of benzene rings is 6. The highest BCUT2D eigenvalue weighted by Gasteiger charge is 2.31. The molecule has 2 aromatic heterocycles. The monoisotopic (exact) mass is 550 g/mol. The summed E-state index contributed by atoms with van der Waals surface area (Å²) in [6.45, 7) is 0. The van der Waals surface area contributed by atoms with Gasteiger partial charge < -0.3 is 4.74 Å². The molecular formula is C38H22N4O. The molecule has 10 rings (SSSR count). The van der Waals surface area contributed by atoms with Crippen LogP contribution in [0.25, 0.3) is 60.6 Å². The van der Waals surface area contributed by atoms with E-state index in [0.29, 0.717) is 5.95 Å². The lowest BCUT2D eigenvalue weighted by Gasteiger charge is -2.26. The van der Waals surface area contributed by atoms with Gasteiger partial charge in [-0.3, -0.25) is 9.47 Å². The van der Waals surface area contributed by atoms with E-state index in [0.717, 1.165) is 78.3 Å². The van der Waals surface area contributed by atoms with Gasteiger partial charge in [0.15, 0.2) is 0 Å². The number of hydrogen-bond acceptors (Lipinski definition) is 4. The summed E-state index contributed by atoms with van der Waals surface area (Å²) in [7, 11) is 0. The number of nitrogens with zero attached hydrogens (tertiary/aromatic N) is 4. The van der Waals surface area contributed by atoms with Crippen molar-refractivity contribution in [2.24, 2.45) is 0 Å². The number of hydrogen-bond donors (Lipinski definition) is 0. The zero-order valence-electron chi connectivity index (χ0n) is 22.9. The van der Waals surface area contributed by atoms with Crippen molar-refractivity contribution in [1.82, 2.24) is 14.5 Å². The molecule has 6 aromatic carbocycles. The number of fused-ring (bicyclic) bond motifs is 10. The van der Waals surface area contributed by atoms with Crippen molar-refractivity contribution in [2.75, 3.05) is 4.90 Å². The van der Waals surface area contributed by atoms with Crippen LogP contribution in [-0.4, -0.2) is 14.5 Å². The molecule has 0 amide bonds. The first-order chi connectivity index (χ1) is 21.3. The molecule has 0 radical (unpaired) electrons. The average Bonchev–Trinajstić information content (AvgIpc) is 3.38. The van der Waals surface area contributed by atoms with E-state index in [1.807, 2.05) is 36.4 Å². The van der Waals surface area contributed by atoms with E-state index in [1.54, 1.807) is 0 Å². The molecule has 5 nitrogen and oxygen atoms in total. The van der Waals surface area contributed by atoms with Crippen molar-refractivity contribution in [1.29, 1.82) is 0 Å². The molecule has 43 heavy (non-hydrogen) atoms. The highest BCUT2D eigenvalue weighted by Crippen LogP contribution is 2.51. The van der Waals surface area contributed by atoms with Crippen LogP contribution in [0, 0.1) is 0 Å². The second kappa shape index (κ2) is 8.30. The summed E-state index contributed by atoms with van der Waals surface area (Å²) in [6, 6.07) is 46.7. The summed E-state index contributed by atoms with van der Waals surface area (Å²) in [4.78, 5) is 12.9. The zero-order valence-corrected chi connectivity index (χ0v) is 22.9. The van der Waals surface area contributed by atoms with E-state index in [9.17, 15) is 0 Å². The standard InChI is InChI=1S/C38H22N4O/c1-2-11-24-21-32-28(20-23(24)10-1)26-13-4-7-17-31(26)41-30-16-6-3-12-25(30)22-35(41)42(32)38-39-29-15-9-19-34-36(29)37(40-38)27-14-5-8-18-33(27)43-34/h1-22H. The van der Waals surface area contributed by atoms with Gasteiger partial charge in [0, 0.05) is 22.1 Å². The Morgan fingerprint density at radius 1 is 0.512 bits per heavy atom. The summed E-state index contributed by atoms with van der Waals surface area (Å²) in [5.41, 5.74) is 8.29. The SMILES string of the molecule is c1ccc2c(c1)Oc1cccc3nc(N4c5cc6ccccc6cc5-c5ccccc5-n5c4cc4ccccc45)nc-2c13. The van der Waals surface area contributed by atoms with Gasteiger partial charge in [0.1, 0.15) is 17.3 Å². The zero-order chi connectivity index (χ0) is 28.1. The highest BCUT2D eigenvalue weighted by atomic mass is 16.5. The van der Waals surface area contributed by atoms with Gasteiger partial charge >= 0.3 is 0 Å². The Kier molecular flexibility index (Phi) is 4.39.